The topological polar surface area (TPSA) is 94.0 Å². The third-order valence-electron chi connectivity index (χ3n) is 5.29. The van der Waals surface area contributed by atoms with Gasteiger partial charge >= 0.3 is 0 Å². The molecule has 2 aromatic carbocycles. The quantitative estimate of drug-likeness (QED) is 0.456. The van der Waals surface area contributed by atoms with Crippen LogP contribution in [0.4, 0.5) is 5.13 Å². The van der Waals surface area contributed by atoms with Crippen molar-refractivity contribution < 1.29 is 13.2 Å². The summed E-state index contributed by atoms with van der Waals surface area (Å²) in [4.78, 5) is 21.8. The number of aromatic nitrogens is 3. The van der Waals surface area contributed by atoms with Crippen LogP contribution in [0.2, 0.25) is 0 Å². The van der Waals surface area contributed by atoms with Gasteiger partial charge in [0.25, 0.3) is 0 Å². The van der Waals surface area contributed by atoms with Crippen molar-refractivity contribution in [3.8, 4) is 11.3 Å². The van der Waals surface area contributed by atoms with E-state index in [1.807, 2.05) is 30.5 Å². The minimum absolute atomic E-state index is 0.0526. The molecule has 0 aliphatic heterocycles. The summed E-state index contributed by atoms with van der Waals surface area (Å²) in [7, 11) is -3.31. The zero-order valence-corrected chi connectivity index (χ0v) is 20.0. The van der Waals surface area contributed by atoms with E-state index in [1.165, 1.54) is 22.5 Å². The maximum Gasteiger partial charge on any atom is 0.246 e. The number of aryl methyl sites for hydroxylation is 3. The smallest absolute Gasteiger partial charge is 0.246 e. The van der Waals surface area contributed by atoms with Crippen molar-refractivity contribution in [3.05, 3.63) is 64.3 Å². The second-order valence-electron chi connectivity index (χ2n) is 8.01. The number of para-hydroxylation sites is 2. The maximum absolute atomic E-state index is 12.8. The molecule has 7 nitrogen and oxygen atoms in total. The first kappa shape index (κ1) is 22.2. The van der Waals surface area contributed by atoms with Gasteiger partial charge in [-0.3, -0.25) is 4.79 Å². The fraction of sp³-hybridized carbons (Fsp3) is 0.261. The minimum atomic E-state index is -3.31. The Hall–Kier alpha value is -3.04. The van der Waals surface area contributed by atoms with E-state index in [0.29, 0.717) is 22.0 Å². The molecule has 0 saturated heterocycles. The molecule has 0 spiro atoms. The minimum Gasteiger partial charge on any atom is -0.318 e. The molecule has 4 rings (SSSR count). The van der Waals surface area contributed by atoms with Crippen molar-refractivity contribution in [2.24, 2.45) is 0 Å². The second kappa shape index (κ2) is 8.48. The SMILES string of the molecule is Cc1cc(C)c(-c2csc(NC(=O)Cn3c(CS(C)(=O)=O)nc4ccccc43)n2)cc1C. The normalized spacial score (nSPS) is 11.8. The van der Waals surface area contributed by atoms with Gasteiger partial charge in [-0.2, -0.15) is 0 Å². The number of benzene rings is 2. The van der Waals surface area contributed by atoms with Crippen LogP contribution in [0.3, 0.4) is 0 Å². The summed E-state index contributed by atoms with van der Waals surface area (Å²) in [6.45, 7) is 6.14. The number of sulfone groups is 1. The summed E-state index contributed by atoms with van der Waals surface area (Å²) >= 11 is 1.36. The van der Waals surface area contributed by atoms with Crippen LogP contribution in [0.15, 0.2) is 41.8 Å². The Morgan fingerprint density at radius 3 is 2.53 bits per heavy atom. The number of imidazole rings is 1. The van der Waals surface area contributed by atoms with Crippen LogP contribution in [0.5, 0.6) is 0 Å². The predicted molar refractivity (Wildman–Crippen MR) is 129 cm³/mol. The second-order valence-corrected chi connectivity index (χ2v) is 11.0. The van der Waals surface area contributed by atoms with Gasteiger partial charge in [-0.05, 0) is 55.7 Å². The van der Waals surface area contributed by atoms with E-state index in [2.05, 4.69) is 41.3 Å². The molecule has 32 heavy (non-hydrogen) atoms. The highest BCUT2D eigenvalue weighted by molar-refractivity contribution is 7.89. The number of fused-ring (bicyclic) bond motifs is 1. The average molecular weight is 469 g/mol. The van der Waals surface area contributed by atoms with E-state index >= 15 is 0 Å². The monoisotopic (exact) mass is 468 g/mol. The number of anilines is 1. The Kier molecular flexibility index (Phi) is 5.87. The molecule has 2 heterocycles. The average Bonchev–Trinajstić information content (AvgIpc) is 3.28. The van der Waals surface area contributed by atoms with E-state index in [-0.39, 0.29) is 18.2 Å². The lowest BCUT2D eigenvalue weighted by molar-refractivity contribution is -0.116. The Morgan fingerprint density at radius 2 is 1.78 bits per heavy atom. The third kappa shape index (κ3) is 4.73. The van der Waals surface area contributed by atoms with Crippen LogP contribution in [0.1, 0.15) is 22.5 Å². The molecule has 0 unspecified atom stereocenters. The zero-order chi connectivity index (χ0) is 23.0. The molecular formula is C23H24N4O3S2. The molecule has 0 saturated carbocycles. The van der Waals surface area contributed by atoms with Crippen molar-refractivity contribution in [3.63, 3.8) is 0 Å². The highest BCUT2D eigenvalue weighted by Crippen LogP contribution is 2.29. The lowest BCUT2D eigenvalue weighted by Gasteiger charge is -2.09. The molecule has 2 aromatic heterocycles. The molecule has 1 N–H and O–H groups in total. The number of nitrogens with one attached hydrogen (secondary N) is 1. The summed E-state index contributed by atoms with van der Waals surface area (Å²) in [6, 6.07) is 11.5. The summed E-state index contributed by atoms with van der Waals surface area (Å²) in [5.74, 6) is -0.183. The Labute approximate surface area is 191 Å². The number of hydrogen-bond acceptors (Lipinski definition) is 6. The van der Waals surface area contributed by atoms with Crippen molar-refractivity contribution in [2.45, 2.75) is 33.1 Å². The fourth-order valence-corrected chi connectivity index (χ4v) is 5.06. The van der Waals surface area contributed by atoms with Gasteiger partial charge in [0, 0.05) is 17.2 Å². The summed E-state index contributed by atoms with van der Waals surface area (Å²) in [5.41, 5.74) is 6.78. The molecule has 1 amide bonds. The molecule has 0 bridgehead atoms. The molecule has 166 valence electrons. The van der Waals surface area contributed by atoms with Gasteiger partial charge < -0.3 is 9.88 Å². The number of rotatable bonds is 6. The lowest BCUT2D eigenvalue weighted by atomic mass is 9.99. The van der Waals surface area contributed by atoms with Gasteiger partial charge in [0.05, 0.1) is 16.7 Å². The first-order valence-electron chi connectivity index (χ1n) is 10.1. The van der Waals surface area contributed by atoms with E-state index in [4.69, 9.17) is 0 Å². The number of thiazole rings is 1. The van der Waals surface area contributed by atoms with Crippen molar-refractivity contribution in [1.29, 1.82) is 0 Å². The first-order chi connectivity index (χ1) is 15.1. The van der Waals surface area contributed by atoms with Crippen LogP contribution < -0.4 is 5.32 Å². The summed E-state index contributed by atoms with van der Waals surface area (Å²) in [5, 5.41) is 5.26. The molecule has 9 heteroatoms. The summed E-state index contributed by atoms with van der Waals surface area (Å²) in [6.07, 6.45) is 1.16. The number of carbonyl (C=O) groups excluding carboxylic acids is 1. The fourth-order valence-electron chi connectivity index (χ4n) is 3.64. The molecule has 0 aliphatic carbocycles. The van der Waals surface area contributed by atoms with Crippen LogP contribution in [-0.4, -0.2) is 35.1 Å². The standard InChI is InChI=1S/C23H24N4O3S2/c1-14-9-16(3)17(10-15(14)2)19-12-31-23(25-19)26-22(28)11-27-20-8-6-5-7-18(20)24-21(27)13-32(4,29)30/h5-10,12H,11,13H2,1-4H3,(H,25,26,28). The van der Waals surface area contributed by atoms with Gasteiger partial charge in [0.1, 0.15) is 18.1 Å². The zero-order valence-electron chi connectivity index (χ0n) is 18.3. The lowest BCUT2D eigenvalue weighted by Crippen LogP contribution is -2.21. The largest absolute Gasteiger partial charge is 0.318 e. The van der Waals surface area contributed by atoms with Crippen LogP contribution in [0, 0.1) is 20.8 Å². The predicted octanol–water partition coefficient (Wildman–Crippen LogP) is 4.27. The Balaban J connectivity index is 1.57. The highest BCUT2D eigenvalue weighted by atomic mass is 32.2. The van der Waals surface area contributed by atoms with Gasteiger partial charge in [-0.1, -0.05) is 18.2 Å². The third-order valence-corrected chi connectivity index (χ3v) is 6.83. The highest BCUT2D eigenvalue weighted by Gasteiger charge is 2.18. The Morgan fingerprint density at radius 1 is 1.06 bits per heavy atom. The van der Waals surface area contributed by atoms with E-state index in [0.717, 1.165) is 23.1 Å². The van der Waals surface area contributed by atoms with Crippen molar-refractivity contribution >= 4 is 43.2 Å². The molecule has 0 aliphatic rings. The van der Waals surface area contributed by atoms with E-state index < -0.39 is 9.84 Å². The van der Waals surface area contributed by atoms with Crippen LogP contribution in [-0.2, 0) is 26.9 Å². The van der Waals surface area contributed by atoms with Gasteiger partial charge in [0.15, 0.2) is 15.0 Å². The van der Waals surface area contributed by atoms with Crippen LogP contribution >= 0.6 is 11.3 Å². The van der Waals surface area contributed by atoms with Crippen LogP contribution in [0.25, 0.3) is 22.3 Å². The Bertz CT molecular complexity index is 1430. The molecular weight excluding hydrogens is 444 g/mol. The molecule has 0 radical (unpaired) electrons. The number of carbonyl (C=O) groups is 1. The van der Waals surface area contributed by atoms with E-state index in [9.17, 15) is 13.2 Å². The van der Waals surface area contributed by atoms with Crippen molar-refractivity contribution in [2.75, 3.05) is 11.6 Å². The number of hydrogen-bond donors (Lipinski definition) is 1. The van der Waals surface area contributed by atoms with Gasteiger partial charge in [-0.15, -0.1) is 11.3 Å². The molecule has 4 aromatic rings. The molecule has 0 atom stereocenters. The number of nitrogens with zero attached hydrogens (tertiary/aromatic N) is 3. The van der Waals surface area contributed by atoms with E-state index in [1.54, 1.807) is 10.6 Å². The number of amides is 1. The van der Waals surface area contributed by atoms with Gasteiger partial charge in [-0.25, -0.2) is 18.4 Å². The first-order valence-corrected chi connectivity index (χ1v) is 13.0. The maximum atomic E-state index is 12.8. The molecule has 0 fully saturated rings. The summed E-state index contributed by atoms with van der Waals surface area (Å²) < 4.78 is 25.4. The van der Waals surface area contributed by atoms with Crippen molar-refractivity contribution in [1.82, 2.24) is 14.5 Å². The van der Waals surface area contributed by atoms with Gasteiger partial charge in [0.2, 0.25) is 5.91 Å².